The van der Waals surface area contributed by atoms with Crippen molar-refractivity contribution >= 4 is 51.5 Å². The van der Waals surface area contributed by atoms with Crippen LogP contribution >= 0.6 is 22.7 Å². The number of thiophene rings is 2. The van der Waals surface area contributed by atoms with Gasteiger partial charge in [-0.25, -0.2) is 14.6 Å². The number of ether oxygens (including phenoxy) is 1. The molecule has 0 bridgehead atoms. The minimum atomic E-state index is -0.494. The van der Waals surface area contributed by atoms with Crippen LogP contribution in [0, 0.1) is 0 Å². The van der Waals surface area contributed by atoms with E-state index in [1.807, 2.05) is 54.9 Å². The molecule has 1 N–H and O–H groups in total. The highest BCUT2D eigenvalue weighted by atomic mass is 32.1. The van der Waals surface area contributed by atoms with Crippen molar-refractivity contribution in [1.29, 1.82) is 0 Å². The zero-order valence-electron chi connectivity index (χ0n) is 18.4. The number of fused-ring (bicyclic) bond motifs is 1. The number of hydrogen-bond donors (Lipinski definition) is 1. The number of hydrogen-bond acceptors (Lipinski definition) is 7. The first-order chi connectivity index (χ1) is 16.0. The third-order valence-corrected chi connectivity index (χ3v) is 6.91. The van der Waals surface area contributed by atoms with Gasteiger partial charge in [-0.2, -0.15) is 0 Å². The fourth-order valence-corrected chi connectivity index (χ4v) is 4.97. The molecule has 4 aromatic heterocycles. The zero-order chi connectivity index (χ0) is 23.4. The van der Waals surface area contributed by atoms with Crippen LogP contribution in [0.15, 0.2) is 44.6 Å². The van der Waals surface area contributed by atoms with Gasteiger partial charge < -0.3 is 9.30 Å². The molecule has 8 nitrogen and oxygen atoms in total. The molecule has 0 atom stereocenters. The molecule has 33 heavy (non-hydrogen) atoms. The maximum Gasteiger partial charge on any atom is 0.340 e. The first-order valence-corrected chi connectivity index (χ1v) is 12.5. The molecule has 172 valence electrons. The van der Waals surface area contributed by atoms with Crippen LogP contribution in [0.3, 0.4) is 0 Å². The van der Waals surface area contributed by atoms with E-state index >= 15 is 0 Å². The van der Waals surface area contributed by atoms with Crippen molar-refractivity contribution in [2.24, 2.45) is 0 Å². The third kappa shape index (κ3) is 4.76. The monoisotopic (exact) mass is 484 g/mol. The Balaban J connectivity index is 1.67. The van der Waals surface area contributed by atoms with E-state index in [1.54, 1.807) is 4.57 Å². The maximum atomic E-state index is 13.0. The topological polar surface area (TPSA) is 99.0 Å². The highest BCUT2D eigenvalue weighted by Crippen LogP contribution is 2.26. The Morgan fingerprint density at radius 1 is 1.15 bits per heavy atom. The molecule has 0 aliphatic rings. The van der Waals surface area contributed by atoms with E-state index in [1.165, 1.54) is 27.2 Å². The molecule has 10 heteroatoms. The molecule has 0 saturated carbocycles. The lowest BCUT2D eigenvalue weighted by Crippen LogP contribution is -2.31. The van der Waals surface area contributed by atoms with Crippen LogP contribution < -0.4 is 11.2 Å². The molecule has 0 spiro atoms. The summed E-state index contributed by atoms with van der Waals surface area (Å²) in [6.07, 6.45) is 3.49. The molecular weight excluding hydrogens is 460 g/mol. The minimum Gasteiger partial charge on any atom is -0.454 e. The molecule has 0 aliphatic carbocycles. The summed E-state index contributed by atoms with van der Waals surface area (Å²) < 4.78 is 8.82. The standard InChI is InChI=1S/C23H24N4O4S2/c1-3-5-10-27-20-19(21(28)25-23(27)30)26(4-2)18(24-20)14-31-22(29)16(17-9-7-12-33-17)13-15-8-6-11-32-15/h6-9,11-13H,3-5,10,14H2,1-2H3,(H,25,28,30). The molecule has 0 aromatic carbocycles. The molecule has 0 fully saturated rings. The second-order valence-corrected chi connectivity index (χ2v) is 9.26. The smallest absolute Gasteiger partial charge is 0.340 e. The van der Waals surface area contributed by atoms with Crippen LogP contribution in [0.2, 0.25) is 0 Å². The number of esters is 1. The van der Waals surface area contributed by atoms with Gasteiger partial charge in [-0.1, -0.05) is 25.5 Å². The number of unbranched alkanes of at least 4 members (excludes halogenated alkanes) is 1. The van der Waals surface area contributed by atoms with Gasteiger partial charge in [0.1, 0.15) is 12.4 Å². The van der Waals surface area contributed by atoms with E-state index in [9.17, 15) is 14.4 Å². The van der Waals surface area contributed by atoms with Crippen LogP contribution in [0.5, 0.6) is 0 Å². The van der Waals surface area contributed by atoms with Crippen molar-refractivity contribution in [2.75, 3.05) is 0 Å². The van der Waals surface area contributed by atoms with Crippen molar-refractivity contribution < 1.29 is 9.53 Å². The maximum absolute atomic E-state index is 13.0. The molecule has 4 rings (SSSR count). The summed E-state index contributed by atoms with van der Waals surface area (Å²) in [5.74, 6) is -0.0540. The van der Waals surface area contributed by atoms with Gasteiger partial charge in [0.15, 0.2) is 11.2 Å². The molecule has 0 amide bonds. The minimum absolute atomic E-state index is 0.115. The molecule has 4 heterocycles. The molecule has 0 radical (unpaired) electrons. The van der Waals surface area contributed by atoms with Crippen LogP contribution in [0.25, 0.3) is 22.8 Å². The van der Waals surface area contributed by atoms with Gasteiger partial charge in [-0.15, -0.1) is 22.7 Å². The zero-order valence-corrected chi connectivity index (χ0v) is 20.0. The van der Waals surface area contributed by atoms with Crippen LogP contribution in [0.4, 0.5) is 0 Å². The first-order valence-electron chi connectivity index (χ1n) is 10.7. The van der Waals surface area contributed by atoms with Gasteiger partial charge in [0, 0.05) is 22.8 Å². The molecule has 0 saturated heterocycles. The number of aromatic amines is 1. The van der Waals surface area contributed by atoms with Crippen LogP contribution in [-0.4, -0.2) is 25.1 Å². The van der Waals surface area contributed by atoms with Crippen molar-refractivity contribution in [1.82, 2.24) is 19.1 Å². The van der Waals surface area contributed by atoms with E-state index in [4.69, 9.17) is 4.74 Å². The second kappa shape index (κ2) is 10.1. The number of H-pyrrole nitrogens is 1. The van der Waals surface area contributed by atoms with E-state index in [2.05, 4.69) is 9.97 Å². The van der Waals surface area contributed by atoms with Gasteiger partial charge in [0.2, 0.25) is 0 Å². The summed E-state index contributed by atoms with van der Waals surface area (Å²) in [7, 11) is 0. The summed E-state index contributed by atoms with van der Waals surface area (Å²) in [5, 5.41) is 3.85. The van der Waals surface area contributed by atoms with Crippen molar-refractivity contribution in [3.05, 3.63) is 71.4 Å². The normalized spacial score (nSPS) is 11.9. The van der Waals surface area contributed by atoms with Gasteiger partial charge in [0.25, 0.3) is 5.56 Å². The van der Waals surface area contributed by atoms with Crippen molar-refractivity contribution in [3.8, 4) is 0 Å². The third-order valence-electron chi connectivity index (χ3n) is 5.18. The molecule has 4 aromatic rings. The van der Waals surface area contributed by atoms with Gasteiger partial charge in [0.05, 0.1) is 5.57 Å². The number of carbonyl (C=O) groups excluding carboxylic acids is 1. The fourth-order valence-electron chi connectivity index (χ4n) is 3.58. The summed E-state index contributed by atoms with van der Waals surface area (Å²) in [6.45, 7) is 4.69. The Hall–Kier alpha value is -3.24. The van der Waals surface area contributed by atoms with E-state index in [0.29, 0.717) is 35.7 Å². The number of aromatic nitrogens is 4. The van der Waals surface area contributed by atoms with Crippen LogP contribution in [-0.2, 0) is 29.2 Å². The number of imidazole rings is 1. The predicted octanol–water partition coefficient (Wildman–Crippen LogP) is 4.11. The summed E-state index contributed by atoms with van der Waals surface area (Å²) in [4.78, 5) is 46.7. The summed E-state index contributed by atoms with van der Waals surface area (Å²) in [5.41, 5.74) is 0.115. The lowest BCUT2D eigenvalue weighted by atomic mass is 10.2. The quantitative estimate of drug-likeness (QED) is 0.285. The number of aryl methyl sites for hydroxylation is 2. The number of carbonyl (C=O) groups is 1. The van der Waals surface area contributed by atoms with Crippen LogP contribution in [0.1, 0.15) is 42.3 Å². The lowest BCUT2D eigenvalue weighted by molar-refractivity contribution is -0.138. The molecule has 0 unspecified atom stereocenters. The Morgan fingerprint density at radius 2 is 1.94 bits per heavy atom. The molecular formula is C23H24N4O4S2. The highest BCUT2D eigenvalue weighted by Gasteiger charge is 2.20. The highest BCUT2D eigenvalue weighted by molar-refractivity contribution is 7.12. The number of nitrogens with one attached hydrogen (secondary N) is 1. The average Bonchev–Trinajstić information content (AvgIpc) is 3.56. The average molecular weight is 485 g/mol. The van der Waals surface area contributed by atoms with Gasteiger partial charge in [-0.05, 0) is 42.3 Å². The fraction of sp³-hybridized carbons (Fsp3) is 0.304. The van der Waals surface area contributed by atoms with E-state index < -0.39 is 17.2 Å². The van der Waals surface area contributed by atoms with Crippen molar-refractivity contribution in [2.45, 2.75) is 46.4 Å². The summed E-state index contributed by atoms with van der Waals surface area (Å²) in [6, 6.07) is 7.61. The largest absolute Gasteiger partial charge is 0.454 e. The predicted molar refractivity (Wildman–Crippen MR) is 132 cm³/mol. The first kappa shape index (κ1) is 22.9. The lowest BCUT2D eigenvalue weighted by Gasteiger charge is -2.08. The molecule has 0 aliphatic heterocycles. The Labute approximate surface area is 197 Å². The van der Waals surface area contributed by atoms with E-state index in [-0.39, 0.29) is 6.61 Å². The summed E-state index contributed by atoms with van der Waals surface area (Å²) >= 11 is 2.99. The van der Waals surface area contributed by atoms with Crippen molar-refractivity contribution in [3.63, 3.8) is 0 Å². The Kier molecular flexibility index (Phi) is 7.05. The Morgan fingerprint density at radius 3 is 2.61 bits per heavy atom. The van der Waals surface area contributed by atoms with Gasteiger partial charge in [-0.3, -0.25) is 14.3 Å². The number of rotatable bonds is 9. The van der Waals surface area contributed by atoms with Gasteiger partial charge >= 0.3 is 11.7 Å². The Bertz CT molecular complexity index is 1390. The number of nitrogens with zero attached hydrogens (tertiary/aromatic N) is 3. The van der Waals surface area contributed by atoms with E-state index in [0.717, 1.165) is 22.6 Å². The second-order valence-electron chi connectivity index (χ2n) is 7.34. The SMILES string of the molecule is CCCCn1c(=O)[nH]c(=O)c2c1nc(COC(=O)C(=Cc1cccs1)c1cccs1)n2CC.